The van der Waals surface area contributed by atoms with Crippen LogP contribution in [0.2, 0.25) is 0 Å². The van der Waals surface area contributed by atoms with Gasteiger partial charge in [0.25, 0.3) is 0 Å². The van der Waals surface area contributed by atoms with E-state index in [0.29, 0.717) is 11.9 Å². The van der Waals surface area contributed by atoms with Crippen LogP contribution in [0, 0.1) is 12.8 Å². The Labute approximate surface area is 170 Å². The maximum Gasteiger partial charge on any atom is 0.222 e. The Morgan fingerprint density at radius 1 is 0.964 bits per heavy atom. The number of nitrogens with zero attached hydrogens (tertiary/aromatic N) is 3. The van der Waals surface area contributed by atoms with E-state index >= 15 is 0 Å². The summed E-state index contributed by atoms with van der Waals surface area (Å²) in [7, 11) is 0. The lowest BCUT2D eigenvalue weighted by molar-refractivity contribution is -0.133. The van der Waals surface area contributed by atoms with Crippen molar-refractivity contribution < 1.29 is 4.79 Å². The van der Waals surface area contributed by atoms with Crippen molar-refractivity contribution in [2.24, 2.45) is 5.92 Å². The highest BCUT2D eigenvalue weighted by molar-refractivity contribution is 5.76. The van der Waals surface area contributed by atoms with Crippen LogP contribution in [0.1, 0.15) is 56.9 Å². The van der Waals surface area contributed by atoms with Crippen LogP contribution in [-0.4, -0.2) is 61.0 Å². The molecular formula is C24H37N3O. The van der Waals surface area contributed by atoms with Gasteiger partial charge in [-0.3, -0.25) is 9.69 Å². The molecule has 28 heavy (non-hydrogen) atoms. The van der Waals surface area contributed by atoms with Gasteiger partial charge in [-0.05, 0) is 43.7 Å². The van der Waals surface area contributed by atoms with E-state index in [1.54, 1.807) is 0 Å². The van der Waals surface area contributed by atoms with Crippen molar-refractivity contribution in [1.29, 1.82) is 0 Å². The number of piperazine rings is 1. The fraction of sp³-hybridized carbons (Fsp3) is 0.708. The molecule has 0 radical (unpaired) electrons. The number of hydrogen-bond donors (Lipinski definition) is 0. The van der Waals surface area contributed by atoms with Gasteiger partial charge in [-0.1, -0.05) is 43.9 Å². The molecule has 1 amide bonds. The number of likely N-dealkylation sites (tertiary alicyclic amines) is 1. The lowest BCUT2D eigenvalue weighted by Gasteiger charge is -2.44. The molecule has 0 aromatic heterocycles. The van der Waals surface area contributed by atoms with Crippen LogP contribution >= 0.6 is 0 Å². The molecule has 1 aliphatic carbocycles. The summed E-state index contributed by atoms with van der Waals surface area (Å²) >= 11 is 0. The normalized spacial score (nSPS) is 24.7. The number of amides is 1. The third-order valence-electron chi connectivity index (χ3n) is 7.28. The molecule has 2 saturated heterocycles. The van der Waals surface area contributed by atoms with Crippen LogP contribution < -0.4 is 4.90 Å². The molecule has 1 aromatic rings. The van der Waals surface area contributed by atoms with E-state index in [1.165, 1.54) is 43.4 Å². The van der Waals surface area contributed by atoms with Crippen LogP contribution in [0.5, 0.6) is 0 Å². The molecule has 0 N–H and O–H groups in total. The molecule has 1 atom stereocenters. The zero-order chi connectivity index (χ0) is 19.3. The van der Waals surface area contributed by atoms with Crippen LogP contribution in [0.3, 0.4) is 0 Å². The van der Waals surface area contributed by atoms with Crippen molar-refractivity contribution in [3.8, 4) is 0 Å². The molecule has 0 unspecified atom stereocenters. The molecule has 2 heterocycles. The minimum atomic E-state index is 0.412. The van der Waals surface area contributed by atoms with Crippen LogP contribution in [0.15, 0.2) is 24.3 Å². The van der Waals surface area contributed by atoms with Crippen molar-refractivity contribution in [2.75, 3.05) is 44.2 Å². The number of aryl methyl sites for hydroxylation is 1. The van der Waals surface area contributed by atoms with E-state index in [9.17, 15) is 4.79 Å². The summed E-state index contributed by atoms with van der Waals surface area (Å²) in [4.78, 5) is 20.1. The molecule has 0 spiro atoms. The van der Waals surface area contributed by atoms with Crippen LogP contribution in [0.25, 0.3) is 0 Å². The number of carbonyl (C=O) groups is 1. The van der Waals surface area contributed by atoms with E-state index in [0.717, 1.165) is 64.4 Å². The molecule has 1 saturated carbocycles. The van der Waals surface area contributed by atoms with Gasteiger partial charge in [0.15, 0.2) is 0 Å². The van der Waals surface area contributed by atoms with Crippen LogP contribution in [0.4, 0.5) is 5.69 Å². The predicted octanol–water partition coefficient (Wildman–Crippen LogP) is 4.08. The fourth-order valence-electron chi connectivity index (χ4n) is 5.51. The molecule has 1 aromatic carbocycles. The molecule has 4 rings (SSSR count). The summed E-state index contributed by atoms with van der Waals surface area (Å²) in [6.45, 7) is 8.55. The molecule has 154 valence electrons. The summed E-state index contributed by atoms with van der Waals surface area (Å²) in [5.41, 5.74) is 2.75. The Hall–Kier alpha value is -1.55. The standard InChI is InChI=1S/C24H37N3O/c1-20-7-2-5-11-23(20)26-17-15-25(16-18-26)22-10-6-14-27(19-22)24(28)13-12-21-8-3-4-9-21/h2,5,7,11,21-22H,3-4,6,8-10,12-19H2,1H3/t22-/m0/s1. The second-order valence-corrected chi connectivity index (χ2v) is 9.13. The van der Waals surface area contributed by atoms with E-state index in [4.69, 9.17) is 0 Å². The van der Waals surface area contributed by atoms with Crippen molar-refractivity contribution >= 4 is 11.6 Å². The lowest BCUT2D eigenvalue weighted by Crippen LogP contribution is -2.56. The molecule has 4 heteroatoms. The van der Waals surface area contributed by atoms with Gasteiger partial charge in [0.2, 0.25) is 5.91 Å². The first-order chi connectivity index (χ1) is 13.7. The van der Waals surface area contributed by atoms with E-state index < -0.39 is 0 Å². The predicted molar refractivity (Wildman–Crippen MR) is 116 cm³/mol. The highest BCUT2D eigenvalue weighted by Crippen LogP contribution is 2.29. The number of rotatable bonds is 5. The van der Waals surface area contributed by atoms with E-state index in [-0.39, 0.29) is 0 Å². The molecule has 4 nitrogen and oxygen atoms in total. The fourth-order valence-corrected chi connectivity index (χ4v) is 5.51. The first-order valence-corrected chi connectivity index (χ1v) is 11.5. The quantitative estimate of drug-likeness (QED) is 0.767. The summed E-state index contributed by atoms with van der Waals surface area (Å²) in [6, 6.07) is 9.28. The summed E-state index contributed by atoms with van der Waals surface area (Å²) in [5, 5.41) is 0. The Morgan fingerprint density at radius 2 is 1.71 bits per heavy atom. The minimum absolute atomic E-state index is 0.412. The summed E-state index contributed by atoms with van der Waals surface area (Å²) in [6.07, 6.45) is 9.75. The summed E-state index contributed by atoms with van der Waals surface area (Å²) < 4.78 is 0. The van der Waals surface area contributed by atoms with Gasteiger partial charge in [0.1, 0.15) is 0 Å². The number of para-hydroxylation sites is 1. The Morgan fingerprint density at radius 3 is 2.46 bits per heavy atom. The zero-order valence-corrected chi connectivity index (χ0v) is 17.6. The van der Waals surface area contributed by atoms with Crippen molar-refractivity contribution in [1.82, 2.24) is 9.80 Å². The average Bonchev–Trinajstić information content (AvgIpc) is 3.26. The second kappa shape index (κ2) is 9.30. The van der Waals surface area contributed by atoms with Crippen molar-refractivity contribution in [3.05, 3.63) is 29.8 Å². The molecule has 3 aliphatic rings. The Kier molecular flexibility index (Phi) is 6.56. The molecule has 2 aliphatic heterocycles. The second-order valence-electron chi connectivity index (χ2n) is 9.13. The zero-order valence-electron chi connectivity index (χ0n) is 17.6. The topological polar surface area (TPSA) is 26.8 Å². The third kappa shape index (κ3) is 4.71. The SMILES string of the molecule is Cc1ccccc1N1CCN([C@H]2CCCN(C(=O)CCC3CCCC3)C2)CC1. The Bertz CT molecular complexity index is 647. The lowest BCUT2D eigenvalue weighted by atomic mass is 9.99. The number of benzene rings is 1. The maximum absolute atomic E-state index is 12.8. The number of piperidine rings is 1. The number of hydrogen-bond acceptors (Lipinski definition) is 3. The molecule has 3 fully saturated rings. The van der Waals surface area contributed by atoms with Gasteiger partial charge in [-0.2, -0.15) is 0 Å². The highest BCUT2D eigenvalue weighted by Gasteiger charge is 2.30. The minimum Gasteiger partial charge on any atom is -0.369 e. The van der Waals surface area contributed by atoms with Crippen molar-refractivity contribution in [3.63, 3.8) is 0 Å². The number of anilines is 1. The summed E-state index contributed by atoms with van der Waals surface area (Å²) in [5.74, 6) is 1.23. The van der Waals surface area contributed by atoms with Gasteiger partial charge in [-0.25, -0.2) is 0 Å². The average molecular weight is 384 g/mol. The van der Waals surface area contributed by atoms with E-state index in [1.807, 2.05) is 0 Å². The largest absolute Gasteiger partial charge is 0.369 e. The maximum atomic E-state index is 12.8. The first-order valence-electron chi connectivity index (χ1n) is 11.5. The molecule has 0 bridgehead atoms. The first kappa shape index (κ1) is 19.8. The monoisotopic (exact) mass is 383 g/mol. The Balaban J connectivity index is 1.25. The smallest absolute Gasteiger partial charge is 0.222 e. The van der Waals surface area contributed by atoms with Gasteiger partial charge in [0, 0.05) is 57.4 Å². The third-order valence-corrected chi connectivity index (χ3v) is 7.28. The van der Waals surface area contributed by atoms with Gasteiger partial charge >= 0.3 is 0 Å². The van der Waals surface area contributed by atoms with Gasteiger partial charge in [0.05, 0.1) is 0 Å². The van der Waals surface area contributed by atoms with Gasteiger partial charge in [-0.15, -0.1) is 0 Å². The van der Waals surface area contributed by atoms with Crippen molar-refractivity contribution in [2.45, 2.75) is 64.3 Å². The van der Waals surface area contributed by atoms with E-state index in [2.05, 4.69) is 45.9 Å². The number of carbonyl (C=O) groups excluding carboxylic acids is 1. The molecular weight excluding hydrogens is 346 g/mol. The highest BCUT2D eigenvalue weighted by atomic mass is 16.2. The van der Waals surface area contributed by atoms with Crippen LogP contribution in [-0.2, 0) is 4.79 Å². The van der Waals surface area contributed by atoms with Gasteiger partial charge < -0.3 is 9.80 Å².